The maximum Gasteiger partial charge on any atom is 0.329 e. The van der Waals surface area contributed by atoms with Crippen molar-refractivity contribution in [3.63, 3.8) is 0 Å². The lowest BCUT2D eigenvalue weighted by molar-refractivity contribution is -0.913. The van der Waals surface area contributed by atoms with E-state index >= 15 is 0 Å². The van der Waals surface area contributed by atoms with Gasteiger partial charge in [0.2, 0.25) is 0 Å². The van der Waals surface area contributed by atoms with Gasteiger partial charge in [-0.15, -0.1) is 0 Å². The summed E-state index contributed by atoms with van der Waals surface area (Å²) in [7, 11) is 0. The first-order valence-electron chi connectivity index (χ1n) is 8.60. The fourth-order valence-electron chi connectivity index (χ4n) is 3.68. The maximum absolute atomic E-state index is 13.0. The quantitative estimate of drug-likeness (QED) is 0.818. The predicted molar refractivity (Wildman–Crippen MR) is 87.8 cm³/mol. The lowest BCUT2D eigenvalue weighted by Crippen LogP contribution is -3.14. The third-order valence-electron chi connectivity index (χ3n) is 5.34. The molecular formula is C18H26N3O2+. The van der Waals surface area contributed by atoms with E-state index in [2.05, 4.69) is 12.2 Å². The number of nitrogens with zero attached hydrogens (tertiary/aromatic N) is 1. The minimum Gasteiger partial charge on any atom is -0.319 e. The van der Waals surface area contributed by atoms with Gasteiger partial charge in [-0.05, 0) is 30.7 Å². The zero-order chi connectivity index (χ0) is 16.4. The SMILES string of the molecule is CC[C@@]1(c2ccccc2)NC(=O)N(C[NH+]2CCC(C)CC2)C1=O. The number of nitrogens with one attached hydrogen (secondary N) is 2. The lowest BCUT2D eigenvalue weighted by atomic mass is 9.87. The van der Waals surface area contributed by atoms with E-state index in [1.54, 1.807) is 0 Å². The number of rotatable bonds is 4. The number of hydrogen-bond donors (Lipinski definition) is 2. The Hall–Kier alpha value is -1.88. The van der Waals surface area contributed by atoms with Crippen LogP contribution in [0.15, 0.2) is 30.3 Å². The van der Waals surface area contributed by atoms with Crippen molar-refractivity contribution in [2.45, 2.75) is 38.6 Å². The Bertz CT molecular complexity index is 581. The molecule has 2 aliphatic rings. The molecule has 5 heteroatoms. The average Bonchev–Trinajstić information content (AvgIpc) is 2.83. The maximum atomic E-state index is 13.0. The lowest BCUT2D eigenvalue weighted by Gasteiger charge is -2.30. The first-order valence-corrected chi connectivity index (χ1v) is 8.60. The fourth-order valence-corrected chi connectivity index (χ4v) is 3.68. The molecule has 3 rings (SSSR count). The molecule has 0 saturated carbocycles. The topological polar surface area (TPSA) is 53.9 Å². The van der Waals surface area contributed by atoms with Crippen LogP contribution in [0, 0.1) is 5.92 Å². The number of amides is 3. The largest absolute Gasteiger partial charge is 0.329 e. The number of quaternary nitrogens is 1. The molecule has 0 radical (unpaired) electrons. The van der Waals surface area contributed by atoms with Gasteiger partial charge < -0.3 is 10.2 Å². The van der Waals surface area contributed by atoms with E-state index in [1.165, 1.54) is 9.80 Å². The smallest absolute Gasteiger partial charge is 0.319 e. The van der Waals surface area contributed by atoms with Gasteiger partial charge in [-0.3, -0.25) is 4.79 Å². The van der Waals surface area contributed by atoms with Crippen LogP contribution in [0.1, 0.15) is 38.7 Å². The van der Waals surface area contributed by atoms with E-state index in [-0.39, 0.29) is 11.9 Å². The van der Waals surface area contributed by atoms with Gasteiger partial charge in [0.15, 0.2) is 6.67 Å². The summed E-state index contributed by atoms with van der Waals surface area (Å²) in [5.41, 5.74) is -0.0356. The Morgan fingerprint density at radius 3 is 2.48 bits per heavy atom. The predicted octanol–water partition coefficient (Wildman–Crippen LogP) is 1.12. The highest BCUT2D eigenvalue weighted by Gasteiger charge is 2.52. The second-order valence-electron chi connectivity index (χ2n) is 6.88. The molecule has 0 unspecified atom stereocenters. The number of hydrogen-bond acceptors (Lipinski definition) is 2. The van der Waals surface area contributed by atoms with E-state index in [0.29, 0.717) is 13.1 Å². The van der Waals surface area contributed by atoms with E-state index in [9.17, 15) is 9.59 Å². The first-order chi connectivity index (χ1) is 11.1. The molecule has 2 N–H and O–H groups in total. The molecular weight excluding hydrogens is 290 g/mol. The first kappa shape index (κ1) is 16.0. The normalized spacial score (nSPS) is 31.3. The molecule has 2 heterocycles. The highest BCUT2D eigenvalue weighted by molar-refractivity contribution is 6.07. The number of carbonyl (C=O) groups excluding carboxylic acids is 2. The van der Waals surface area contributed by atoms with Gasteiger partial charge in [-0.25, -0.2) is 9.69 Å². The molecule has 1 aromatic rings. The molecule has 0 aromatic heterocycles. The van der Waals surface area contributed by atoms with Gasteiger partial charge in [0.1, 0.15) is 5.54 Å². The number of piperidine rings is 1. The Morgan fingerprint density at radius 1 is 1.22 bits per heavy atom. The van der Waals surface area contributed by atoms with Gasteiger partial charge in [-0.2, -0.15) is 0 Å². The van der Waals surface area contributed by atoms with Crippen molar-refractivity contribution in [2.24, 2.45) is 5.92 Å². The molecule has 23 heavy (non-hydrogen) atoms. The Balaban J connectivity index is 1.79. The summed E-state index contributed by atoms with van der Waals surface area (Å²) >= 11 is 0. The van der Waals surface area contributed by atoms with E-state index in [4.69, 9.17) is 0 Å². The number of benzene rings is 1. The Labute approximate surface area is 137 Å². The van der Waals surface area contributed by atoms with Crippen LogP contribution in [0.25, 0.3) is 0 Å². The van der Waals surface area contributed by atoms with Crippen molar-refractivity contribution in [3.05, 3.63) is 35.9 Å². The van der Waals surface area contributed by atoms with Crippen LogP contribution < -0.4 is 10.2 Å². The summed E-state index contributed by atoms with van der Waals surface area (Å²) in [4.78, 5) is 28.2. The molecule has 3 amide bonds. The van der Waals surface area contributed by atoms with Gasteiger partial charge in [-0.1, -0.05) is 44.2 Å². The van der Waals surface area contributed by atoms with E-state index < -0.39 is 5.54 Å². The van der Waals surface area contributed by atoms with Crippen LogP contribution in [-0.2, 0) is 10.3 Å². The summed E-state index contributed by atoms with van der Waals surface area (Å²) in [6.07, 6.45) is 2.89. The van der Waals surface area contributed by atoms with Crippen molar-refractivity contribution in [3.8, 4) is 0 Å². The van der Waals surface area contributed by atoms with E-state index in [1.807, 2.05) is 37.3 Å². The van der Waals surface area contributed by atoms with Crippen LogP contribution >= 0.6 is 0 Å². The van der Waals surface area contributed by atoms with Crippen molar-refractivity contribution in [2.75, 3.05) is 19.8 Å². The molecule has 0 bridgehead atoms. The zero-order valence-electron chi connectivity index (χ0n) is 14.0. The monoisotopic (exact) mass is 316 g/mol. The number of imide groups is 1. The molecule has 1 atom stereocenters. The Kier molecular flexibility index (Phi) is 4.39. The number of urea groups is 1. The summed E-state index contributed by atoms with van der Waals surface area (Å²) in [6.45, 7) is 6.75. The van der Waals surface area contributed by atoms with Gasteiger partial charge in [0, 0.05) is 0 Å². The van der Waals surface area contributed by atoms with Crippen molar-refractivity contribution in [1.82, 2.24) is 10.2 Å². The third kappa shape index (κ3) is 2.85. The van der Waals surface area contributed by atoms with Crippen LogP contribution in [0.5, 0.6) is 0 Å². The second-order valence-corrected chi connectivity index (χ2v) is 6.88. The third-order valence-corrected chi connectivity index (χ3v) is 5.34. The van der Waals surface area contributed by atoms with Crippen LogP contribution in [0.3, 0.4) is 0 Å². The fraction of sp³-hybridized carbons (Fsp3) is 0.556. The summed E-state index contributed by atoms with van der Waals surface area (Å²) < 4.78 is 0. The molecule has 1 aromatic carbocycles. The highest BCUT2D eigenvalue weighted by atomic mass is 16.2. The minimum atomic E-state index is -0.902. The van der Waals surface area contributed by atoms with Crippen LogP contribution in [0.2, 0.25) is 0 Å². The number of carbonyl (C=O) groups is 2. The molecule has 5 nitrogen and oxygen atoms in total. The molecule has 124 valence electrons. The van der Waals surface area contributed by atoms with Gasteiger partial charge >= 0.3 is 6.03 Å². The minimum absolute atomic E-state index is 0.109. The number of likely N-dealkylation sites (tertiary alicyclic amines) is 1. The Morgan fingerprint density at radius 2 is 1.87 bits per heavy atom. The molecule has 0 spiro atoms. The summed E-state index contributed by atoms with van der Waals surface area (Å²) in [5, 5.41) is 2.96. The van der Waals surface area contributed by atoms with Crippen molar-refractivity contribution >= 4 is 11.9 Å². The highest BCUT2D eigenvalue weighted by Crippen LogP contribution is 2.31. The standard InChI is InChI=1S/C18H25N3O2/c1-3-18(15-7-5-4-6-8-15)16(22)21(17(23)19-18)13-20-11-9-14(2)10-12-20/h4-8,14H,3,9-13H2,1-2H3,(H,19,23)/p+1/t18-/m0/s1. The van der Waals surface area contributed by atoms with E-state index in [0.717, 1.165) is 37.4 Å². The summed E-state index contributed by atoms with van der Waals surface area (Å²) in [5.74, 6) is 0.642. The molecule has 2 aliphatic heterocycles. The zero-order valence-corrected chi connectivity index (χ0v) is 14.0. The van der Waals surface area contributed by atoms with Gasteiger partial charge in [0.25, 0.3) is 5.91 Å². The molecule has 0 aliphatic carbocycles. The molecule has 2 saturated heterocycles. The summed E-state index contributed by atoms with van der Waals surface area (Å²) in [6, 6.07) is 9.32. The molecule has 2 fully saturated rings. The van der Waals surface area contributed by atoms with Crippen LogP contribution in [0.4, 0.5) is 4.79 Å². The van der Waals surface area contributed by atoms with Crippen LogP contribution in [-0.4, -0.2) is 36.6 Å². The second kappa shape index (κ2) is 6.32. The van der Waals surface area contributed by atoms with Crippen molar-refractivity contribution < 1.29 is 14.5 Å². The average molecular weight is 316 g/mol. The van der Waals surface area contributed by atoms with Gasteiger partial charge in [0.05, 0.1) is 13.1 Å². The van der Waals surface area contributed by atoms with Crippen molar-refractivity contribution in [1.29, 1.82) is 0 Å².